The summed E-state index contributed by atoms with van der Waals surface area (Å²) in [6.45, 7) is 3.87. The number of aryl methyl sites for hydroxylation is 2. The first kappa shape index (κ1) is 14.8. The second-order valence-corrected chi connectivity index (χ2v) is 7.13. The normalized spacial score (nSPS) is 21.0. The Bertz CT molecular complexity index is 538. The monoisotopic (exact) mass is 307 g/mol. The molecule has 21 heavy (non-hydrogen) atoms. The van der Waals surface area contributed by atoms with Gasteiger partial charge in [-0.2, -0.15) is 0 Å². The zero-order valence-electron chi connectivity index (χ0n) is 12.4. The molecule has 2 N–H and O–H groups in total. The summed E-state index contributed by atoms with van der Waals surface area (Å²) in [5.74, 6) is 0.00892. The van der Waals surface area contributed by atoms with Gasteiger partial charge in [-0.15, -0.1) is 0 Å². The molecule has 2 aliphatic carbocycles. The number of carboxylic acid groups (broad SMARTS) is 1. The van der Waals surface area contributed by atoms with E-state index >= 15 is 0 Å². The SMILES string of the molecule is Cc1cc(C)nc(SCC(NC2CC2)(C(=O)O)C2CC2)n1. The van der Waals surface area contributed by atoms with E-state index in [1.807, 2.05) is 19.9 Å². The van der Waals surface area contributed by atoms with E-state index in [4.69, 9.17) is 0 Å². The Hall–Kier alpha value is -1.14. The Morgan fingerprint density at radius 2 is 1.95 bits per heavy atom. The van der Waals surface area contributed by atoms with Crippen molar-refractivity contribution in [2.75, 3.05) is 5.75 Å². The van der Waals surface area contributed by atoms with Crippen LogP contribution in [0.1, 0.15) is 37.1 Å². The number of hydrogen-bond donors (Lipinski definition) is 2. The van der Waals surface area contributed by atoms with Crippen LogP contribution in [0.4, 0.5) is 0 Å². The Kier molecular flexibility index (Phi) is 3.92. The van der Waals surface area contributed by atoms with Gasteiger partial charge in [0, 0.05) is 23.2 Å². The van der Waals surface area contributed by atoms with Crippen molar-refractivity contribution in [2.45, 2.75) is 56.3 Å². The molecule has 0 amide bonds. The molecule has 1 aromatic rings. The quantitative estimate of drug-likeness (QED) is 0.594. The molecule has 1 heterocycles. The number of aliphatic carboxylic acids is 1. The zero-order chi connectivity index (χ0) is 15.0. The molecule has 0 radical (unpaired) electrons. The van der Waals surface area contributed by atoms with E-state index in [9.17, 15) is 9.90 Å². The summed E-state index contributed by atoms with van der Waals surface area (Å²) in [5, 5.41) is 13.8. The summed E-state index contributed by atoms with van der Waals surface area (Å²) in [5.41, 5.74) is 1.03. The van der Waals surface area contributed by atoms with Crippen molar-refractivity contribution in [3.05, 3.63) is 17.5 Å². The van der Waals surface area contributed by atoms with Gasteiger partial charge in [-0.25, -0.2) is 9.97 Å². The van der Waals surface area contributed by atoms with Crippen molar-refractivity contribution in [1.82, 2.24) is 15.3 Å². The molecule has 0 spiro atoms. The molecular weight excluding hydrogens is 286 g/mol. The van der Waals surface area contributed by atoms with Gasteiger partial charge in [-0.3, -0.25) is 10.1 Å². The number of nitrogens with one attached hydrogen (secondary N) is 1. The summed E-state index contributed by atoms with van der Waals surface area (Å²) in [6, 6.07) is 2.31. The average molecular weight is 307 g/mol. The standard InChI is InChI=1S/C15H21N3O2S/c1-9-7-10(2)17-14(16-9)21-8-15(13(19)20,11-3-4-11)18-12-5-6-12/h7,11-12,18H,3-6,8H2,1-2H3,(H,19,20). The minimum absolute atomic E-state index is 0.244. The molecule has 0 aliphatic heterocycles. The van der Waals surface area contributed by atoms with E-state index < -0.39 is 11.5 Å². The topological polar surface area (TPSA) is 75.1 Å². The summed E-state index contributed by atoms with van der Waals surface area (Å²) in [7, 11) is 0. The zero-order valence-corrected chi connectivity index (χ0v) is 13.2. The van der Waals surface area contributed by atoms with Gasteiger partial charge in [0.05, 0.1) is 0 Å². The Balaban J connectivity index is 1.75. The molecule has 1 atom stereocenters. The van der Waals surface area contributed by atoms with E-state index in [-0.39, 0.29) is 5.92 Å². The van der Waals surface area contributed by atoms with Crippen molar-refractivity contribution >= 4 is 17.7 Å². The highest BCUT2D eigenvalue weighted by Crippen LogP contribution is 2.44. The van der Waals surface area contributed by atoms with E-state index in [0.717, 1.165) is 37.1 Å². The van der Waals surface area contributed by atoms with Gasteiger partial charge in [0.25, 0.3) is 0 Å². The maximum atomic E-state index is 11.9. The van der Waals surface area contributed by atoms with Crippen molar-refractivity contribution in [2.24, 2.45) is 5.92 Å². The van der Waals surface area contributed by atoms with Crippen LogP contribution in [-0.2, 0) is 4.79 Å². The van der Waals surface area contributed by atoms with Crippen LogP contribution in [0.2, 0.25) is 0 Å². The molecule has 0 saturated heterocycles. The van der Waals surface area contributed by atoms with E-state index in [1.165, 1.54) is 11.8 Å². The molecule has 114 valence electrons. The molecule has 3 rings (SSSR count). The summed E-state index contributed by atoms with van der Waals surface area (Å²) < 4.78 is 0. The van der Waals surface area contributed by atoms with E-state index in [1.54, 1.807) is 0 Å². The van der Waals surface area contributed by atoms with Gasteiger partial charge in [0.2, 0.25) is 0 Å². The third-order valence-corrected chi connectivity index (χ3v) is 5.13. The van der Waals surface area contributed by atoms with Crippen LogP contribution in [-0.4, -0.2) is 38.4 Å². The molecule has 5 nitrogen and oxygen atoms in total. The summed E-state index contributed by atoms with van der Waals surface area (Å²) in [4.78, 5) is 20.7. The second kappa shape index (κ2) is 5.57. The first-order valence-electron chi connectivity index (χ1n) is 7.46. The Morgan fingerprint density at radius 1 is 1.33 bits per heavy atom. The fourth-order valence-corrected chi connectivity index (χ4v) is 3.90. The molecule has 6 heteroatoms. The van der Waals surface area contributed by atoms with Gasteiger partial charge in [-0.1, -0.05) is 11.8 Å². The predicted molar refractivity (Wildman–Crippen MR) is 81.5 cm³/mol. The van der Waals surface area contributed by atoms with Crippen LogP contribution >= 0.6 is 11.8 Å². The highest BCUT2D eigenvalue weighted by molar-refractivity contribution is 7.99. The van der Waals surface area contributed by atoms with Crippen molar-refractivity contribution in [3.8, 4) is 0 Å². The first-order chi connectivity index (χ1) is 9.99. The average Bonchev–Trinajstić information content (AvgIpc) is 3.24. The van der Waals surface area contributed by atoms with Crippen LogP contribution in [0, 0.1) is 19.8 Å². The first-order valence-corrected chi connectivity index (χ1v) is 8.44. The Morgan fingerprint density at radius 3 is 2.43 bits per heavy atom. The molecule has 2 saturated carbocycles. The number of carboxylic acids is 1. The number of thioether (sulfide) groups is 1. The lowest BCUT2D eigenvalue weighted by molar-refractivity contribution is -0.145. The number of rotatable bonds is 7. The maximum Gasteiger partial charge on any atom is 0.325 e. The number of aromatic nitrogens is 2. The van der Waals surface area contributed by atoms with Gasteiger partial charge >= 0.3 is 5.97 Å². The maximum absolute atomic E-state index is 11.9. The minimum Gasteiger partial charge on any atom is -0.480 e. The van der Waals surface area contributed by atoms with Crippen molar-refractivity contribution < 1.29 is 9.90 Å². The third kappa shape index (κ3) is 3.37. The second-order valence-electron chi connectivity index (χ2n) is 6.19. The molecule has 2 aliphatic rings. The highest BCUT2D eigenvalue weighted by atomic mass is 32.2. The van der Waals surface area contributed by atoms with Crippen molar-refractivity contribution in [1.29, 1.82) is 0 Å². The molecule has 1 aromatic heterocycles. The van der Waals surface area contributed by atoms with Gasteiger partial charge in [0.1, 0.15) is 5.54 Å². The molecular formula is C15H21N3O2S. The largest absolute Gasteiger partial charge is 0.480 e. The molecule has 1 unspecified atom stereocenters. The molecule has 0 aromatic carbocycles. The summed E-state index contributed by atoms with van der Waals surface area (Å²) in [6.07, 6.45) is 4.18. The fraction of sp³-hybridized carbons (Fsp3) is 0.667. The lowest BCUT2D eigenvalue weighted by Gasteiger charge is -2.30. The molecule has 0 bridgehead atoms. The lowest BCUT2D eigenvalue weighted by Crippen LogP contribution is -2.57. The van der Waals surface area contributed by atoms with Gasteiger partial charge in [0.15, 0.2) is 5.16 Å². The van der Waals surface area contributed by atoms with Crippen LogP contribution in [0.3, 0.4) is 0 Å². The lowest BCUT2D eigenvalue weighted by atomic mass is 9.95. The summed E-state index contributed by atoms with van der Waals surface area (Å²) >= 11 is 1.46. The highest BCUT2D eigenvalue weighted by Gasteiger charge is 2.53. The Labute approximate surface area is 129 Å². The number of carbonyl (C=O) groups is 1. The smallest absolute Gasteiger partial charge is 0.325 e. The van der Waals surface area contributed by atoms with Crippen LogP contribution in [0.15, 0.2) is 11.2 Å². The number of hydrogen-bond acceptors (Lipinski definition) is 5. The van der Waals surface area contributed by atoms with Crippen LogP contribution in [0.5, 0.6) is 0 Å². The predicted octanol–water partition coefficient (Wildman–Crippen LogP) is 2.17. The van der Waals surface area contributed by atoms with Gasteiger partial charge < -0.3 is 5.11 Å². The van der Waals surface area contributed by atoms with E-state index in [0.29, 0.717) is 17.0 Å². The van der Waals surface area contributed by atoms with E-state index in [2.05, 4.69) is 15.3 Å². The van der Waals surface area contributed by atoms with Crippen LogP contribution < -0.4 is 5.32 Å². The molecule has 2 fully saturated rings. The minimum atomic E-state index is -0.813. The fourth-order valence-electron chi connectivity index (χ4n) is 2.68. The number of nitrogens with zero attached hydrogens (tertiary/aromatic N) is 2. The van der Waals surface area contributed by atoms with Gasteiger partial charge in [-0.05, 0) is 51.5 Å². The van der Waals surface area contributed by atoms with Crippen LogP contribution in [0.25, 0.3) is 0 Å². The van der Waals surface area contributed by atoms with Crippen molar-refractivity contribution in [3.63, 3.8) is 0 Å². The third-order valence-electron chi connectivity index (χ3n) is 4.09.